The number of benzene rings is 3. The van der Waals surface area contributed by atoms with Crippen LogP contribution in [0.5, 0.6) is 0 Å². The molecule has 5 rings (SSSR count). The van der Waals surface area contributed by atoms with Gasteiger partial charge in [-0.1, -0.05) is 80.1 Å². The zero-order chi connectivity index (χ0) is 30.9. The Hall–Kier alpha value is -3.76. The number of methoxy groups -OCH3 is 1. The van der Waals surface area contributed by atoms with Crippen molar-refractivity contribution in [1.82, 2.24) is 10.2 Å². The molecule has 2 aliphatic heterocycles. The number of aliphatic hydroxyl groups is 1. The number of nitrogens with zero attached hydrogens (tertiary/aromatic N) is 1. The van der Waals surface area contributed by atoms with Crippen LogP contribution in [0.2, 0.25) is 0 Å². The van der Waals surface area contributed by atoms with Crippen molar-refractivity contribution in [2.45, 2.75) is 63.8 Å². The van der Waals surface area contributed by atoms with Gasteiger partial charge in [-0.25, -0.2) is 9.59 Å². The minimum absolute atomic E-state index is 0.000538. The molecule has 0 aliphatic carbocycles. The molecule has 0 spiro atoms. The standard InChI is InChI=1S/C35H43N3O6/c1-24-31(22-38-19-7-4-8-20-38)43-34(44-32(24)27-13-11-26(23-39)12-14-27)28-15-17-29(18-16-28)36-35(41)37-30(33(40)42-2)21-25-9-5-3-6-10-25/h3,5-6,9-18,24,30-32,34,39H,4,7-8,19-23H2,1-2H3,(H2,36,37,41)/t24-,30-,31+,32+,34+/m0/s1. The van der Waals surface area contributed by atoms with Crippen LogP contribution in [0.1, 0.15) is 60.8 Å². The number of carbonyl (C=O) groups excluding carboxylic acids is 2. The molecule has 0 bridgehead atoms. The smallest absolute Gasteiger partial charge is 0.328 e. The maximum Gasteiger partial charge on any atom is 0.328 e. The molecule has 0 saturated carbocycles. The van der Waals surface area contributed by atoms with Crippen LogP contribution in [0.25, 0.3) is 0 Å². The fourth-order valence-corrected chi connectivity index (χ4v) is 5.96. The molecule has 3 aromatic carbocycles. The van der Waals surface area contributed by atoms with E-state index in [2.05, 4.69) is 22.5 Å². The highest BCUT2D eigenvalue weighted by Gasteiger charge is 2.39. The van der Waals surface area contributed by atoms with E-state index in [4.69, 9.17) is 14.2 Å². The molecular formula is C35H43N3O6. The van der Waals surface area contributed by atoms with Crippen molar-refractivity contribution < 1.29 is 28.9 Å². The fraction of sp³-hybridized carbons (Fsp3) is 0.429. The summed E-state index contributed by atoms with van der Waals surface area (Å²) in [5, 5.41) is 15.1. The summed E-state index contributed by atoms with van der Waals surface area (Å²) in [6.07, 6.45) is 3.22. The molecule has 2 amide bonds. The summed E-state index contributed by atoms with van der Waals surface area (Å²) in [6, 6.07) is 23.4. The second-order valence-electron chi connectivity index (χ2n) is 11.7. The summed E-state index contributed by atoms with van der Waals surface area (Å²) in [7, 11) is 1.31. The predicted molar refractivity (Wildman–Crippen MR) is 168 cm³/mol. The van der Waals surface area contributed by atoms with Gasteiger partial charge in [0, 0.05) is 30.1 Å². The van der Waals surface area contributed by atoms with Crippen molar-refractivity contribution in [3.63, 3.8) is 0 Å². The van der Waals surface area contributed by atoms with Crippen LogP contribution < -0.4 is 10.6 Å². The molecule has 3 aromatic rings. The van der Waals surface area contributed by atoms with Gasteiger partial charge in [0.2, 0.25) is 0 Å². The monoisotopic (exact) mass is 601 g/mol. The molecule has 0 radical (unpaired) electrons. The zero-order valence-electron chi connectivity index (χ0n) is 25.5. The van der Waals surface area contributed by atoms with Crippen molar-refractivity contribution in [3.8, 4) is 0 Å². The molecule has 5 atom stereocenters. The number of piperidine rings is 1. The quantitative estimate of drug-likeness (QED) is 0.269. The molecule has 2 saturated heterocycles. The maximum absolute atomic E-state index is 12.8. The lowest BCUT2D eigenvalue weighted by molar-refractivity contribution is -0.276. The summed E-state index contributed by atoms with van der Waals surface area (Å²) in [6.45, 7) is 5.19. The average Bonchev–Trinajstić information content (AvgIpc) is 3.06. The zero-order valence-corrected chi connectivity index (χ0v) is 25.5. The number of hydrogen-bond acceptors (Lipinski definition) is 7. The van der Waals surface area contributed by atoms with Gasteiger partial charge in [-0.3, -0.25) is 0 Å². The minimum Gasteiger partial charge on any atom is -0.467 e. The van der Waals surface area contributed by atoms with Crippen molar-refractivity contribution >= 4 is 17.7 Å². The number of amides is 2. The van der Waals surface area contributed by atoms with E-state index >= 15 is 0 Å². The lowest BCUT2D eigenvalue weighted by Gasteiger charge is -2.43. The Morgan fingerprint density at radius 2 is 1.59 bits per heavy atom. The lowest BCUT2D eigenvalue weighted by Crippen LogP contribution is -2.45. The van der Waals surface area contributed by atoms with Gasteiger partial charge >= 0.3 is 12.0 Å². The molecule has 44 heavy (non-hydrogen) atoms. The predicted octanol–water partition coefficient (Wildman–Crippen LogP) is 5.36. The van der Waals surface area contributed by atoms with Crippen molar-refractivity contribution in [2.75, 3.05) is 32.1 Å². The van der Waals surface area contributed by atoms with Gasteiger partial charge in [-0.05, 0) is 54.8 Å². The Bertz CT molecular complexity index is 1350. The number of esters is 1. The summed E-state index contributed by atoms with van der Waals surface area (Å²) in [4.78, 5) is 27.7. The Morgan fingerprint density at radius 1 is 0.909 bits per heavy atom. The largest absolute Gasteiger partial charge is 0.467 e. The fourth-order valence-electron chi connectivity index (χ4n) is 5.96. The molecule has 2 aliphatic rings. The molecular weight excluding hydrogens is 558 g/mol. The van der Waals surface area contributed by atoms with Crippen molar-refractivity contribution in [2.24, 2.45) is 5.92 Å². The van der Waals surface area contributed by atoms with E-state index in [1.165, 1.54) is 26.4 Å². The molecule has 2 fully saturated rings. The molecule has 234 valence electrons. The topological polar surface area (TPSA) is 109 Å². The molecule has 0 unspecified atom stereocenters. The van der Waals surface area contributed by atoms with Gasteiger partial charge in [0.1, 0.15) is 6.04 Å². The van der Waals surface area contributed by atoms with E-state index in [0.717, 1.165) is 41.9 Å². The normalized spacial score (nSPS) is 23.0. The van der Waals surface area contributed by atoms with E-state index in [0.29, 0.717) is 12.1 Å². The number of ether oxygens (including phenoxy) is 3. The number of anilines is 1. The van der Waals surface area contributed by atoms with Crippen LogP contribution in [-0.2, 0) is 32.0 Å². The van der Waals surface area contributed by atoms with Crippen LogP contribution in [-0.4, -0.2) is 60.9 Å². The first-order valence-corrected chi connectivity index (χ1v) is 15.5. The highest BCUT2D eigenvalue weighted by Crippen LogP contribution is 2.42. The van der Waals surface area contributed by atoms with E-state index in [-0.39, 0.29) is 24.7 Å². The van der Waals surface area contributed by atoms with Gasteiger partial charge in [-0.15, -0.1) is 0 Å². The van der Waals surface area contributed by atoms with Crippen LogP contribution in [0.15, 0.2) is 78.9 Å². The van der Waals surface area contributed by atoms with E-state index in [9.17, 15) is 14.7 Å². The van der Waals surface area contributed by atoms with Gasteiger partial charge in [-0.2, -0.15) is 0 Å². The lowest BCUT2D eigenvalue weighted by atomic mass is 9.89. The molecule has 3 N–H and O–H groups in total. The number of rotatable bonds is 10. The summed E-state index contributed by atoms with van der Waals surface area (Å²) in [5.74, 6) is -0.392. The van der Waals surface area contributed by atoms with Gasteiger partial charge in [0.15, 0.2) is 6.29 Å². The SMILES string of the molecule is COC(=O)[C@H](Cc1ccccc1)NC(=O)Nc1ccc([C@@H]2O[C@H](CN3CCCCC3)[C@H](C)[C@H](c3ccc(CO)cc3)O2)cc1. The van der Waals surface area contributed by atoms with E-state index in [1.54, 1.807) is 12.1 Å². The summed E-state index contributed by atoms with van der Waals surface area (Å²) in [5.41, 5.74) is 4.24. The second kappa shape index (κ2) is 15.3. The highest BCUT2D eigenvalue weighted by atomic mass is 16.7. The Morgan fingerprint density at radius 3 is 2.25 bits per heavy atom. The average molecular weight is 602 g/mol. The molecule has 2 heterocycles. The van der Waals surface area contributed by atoms with Crippen LogP contribution in [0.3, 0.4) is 0 Å². The van der Waals surface area contributed by atoms with E-state index < -0.39 is 24.3 Å². The summed E-state index contributed by atoms with van der Waals surface area (Å²) >= 11 is 0. The summed E-state index contributed by atoms with van der Waals surface area (Å²) < 4.78 is 18.1. The van der Waals surface area contributed by atoms with E-state index in [1.807, 2.05) is 66.7 Å². The number of likely N-dealkylation sites (tertiary alicyclic amines) is 1. The Labute approximate surface area is 259 Å². The Kier molecular flexibility index (Phi) is 11.0. The third-order valence-corrected chi connectivity index (χ3v) is 8.52. The first kappa shape index (κ1) is 31.7. The number of aliphatic hydroxyl groups excluding tert-OH is 1. The van der Waals surface area contributed by atoms with Gasteiger partial charge in [0.05, 0.1) is 25.9 Å². The Balaban J connectivity index is 1.27. The first-order valence-electron chi connectivity index (χ1n) is 15.5. The van der Waals surface area contributed by atoms with Gasteiger partial charge < -0.3 is 34.9 Å². The molecule has 0 aromatic heterocycles. The number of urea groups is 1. The highest BCUT2D eigenvalue weighted by molar-refractivity contribution is 5.92. The van der Waals surface area contributed by atoms with Crippen molar-refractivity contribution in [1.29, 1.82) is 0 Å². The molecule has 9 heteroatoms. The number of carbonyl (C=O) groups is 2. The van der Waals surface area contributed by atoms with Crippen molar-refractivity contribution in [3.05, 3.63) is 101 Å². The second-order valence-corrected chi connectivity index (χ2v) is 11.7. The first-order chi connectivity index (χ1) is 21.4. The maximum atomic E-state index is 12.8. The van der Waals surface area contributed by atoms with Crippen LogP contribution in [0, 0.1) is 5.92 Å². The third kappa shape index (κ3) is 8.24. The van der Waals surface area contributed by atoms with Crippen LogP contribution in [0.4, 0.5) is 10.5 Å². The number of hydrogen-bond donors (Lipinski definition) is 3. The molecule has 9 nitrogen and oxygen atoms in total. The minimum atomic E-state index is -0.826. The third-order valence-electron chi connectivity index (χ3n) is 8.52. The van der Waals surface area contributed by atoms with Crippen LogP contribution >= 0.6 is 0 Å². The van der Waals surface area contributed by atoms with Gasteiger partial charge in [0.25, 0.3) is 0 Å². The number of nitrogens with one attached hydrogen (secondary N) is 2.